The number of phenolic OH excluding ortho intramolecular Hbond substituents is 2. The highest BCUT2D eigenvalue weighted by Gasteiger charge is 2.32. The average molecular weight is 281 g/mol. The third kappa shape index (κ3) is 2.97. The molecule has 2 N–H and O–H groups in total. The van der Waals surface area contributed by atoms with E-state index in [-0.39, 0.29) is 22.8 Å². The Kier molecular flexibility index (Phi) is 4.24. The minimum atomic E-state index is -0.212. The van der Waals surface area contributed by atoms with Crippen molar-refractivity contribution in [1.82, 2.24) is 4.90 Å². The normalized spacial score (nSPS) is 20.1. The van der Waals surface area contributed by atoms with Crippen LogP contribution in [0.1, 0.15) is 31.2 Å². The number of hydrogen-bond acceptors (Lipinski definition) is 4. The lowest BCUT2D eigenvalue weighted by molar-refractivity contribution is -0.132. The van der Waals surface area contributed by atoms with Crippen LogP contribution in [0.15, 0.2) is 18.2 Å². The summed E-state index contributed by atoms with van der Waals surface area (Å²) < 4.78 is 0. The molecule has 0 saturated carbocycles. The van der Waals surface area contributed by atoms with E-state index in [4.69, 9.17) is 0 Å². The Morgan fingerprint density at radius 3 is 2.84 bits per heavy atom. The number of para-hydroxylation sites is 1. The first-order valence-corrected chi connectivity index (χ1v) is 7.47. The van der Waals surface area contributed by atoms with Gasteiger partial charge in [0.15, 0.2) is 11.5 Å². The van der Waals surface area contributed by atoms with E-state index in [1.54, 1.807) is 28.8 Å². The molecule has 1 saturated heterocycles. The Labute approximate surface area is 117 Å². The summed E-state index contributed by atoms with van der Waals surface area (Å²) in [4.78, 5) is 13.9. The summed E-state index contributed by atoms with van der Waals surface area (Å²) in [6, 6.07) is 4.90. The molecule has 104 valence electrons. The highest BCUT2D eigenvalue weighted by molar-refractivity contribution is 7.99. The van der Waals surface area contributed by atoms with Gasteiger partial charge in [-0.15, -0.1) is 11.8 Å². The fourth-order valence-electron chi connectivity index (χ4n) is 2.22. The van der Waals surface area contributed by atoms with Gasteiger partial charge in [0.05, 0.1) is 0 Å². The van der Waals surface area contributed by atoms with Crippen LogP contribution in [0.3, 0.4) is 0 Å². The third-order valence-electron chi connectivity index (χ3n) is 3.07. The Hall–Kier alpha value is -1.36. The van der Waals surface area contributed by atoms with E-state index in [1.807, 2.05) is 0 Å². The smallest absolute Gasteiger partial charge is 0.224 e. The van der Waals surface area contributed by atoms with Crippen molar-refractivity contribution in [3.05, 3.63) is 23.8 Å². The molecule has 0 aromatic heterocycles. The van der Waals surface area contributed by atoms with E-state index < -0.39 is 0 Å². The minimum absolute atomic E-state index is 0.111. The lowest BCUT2D eigenvalue weighted by atomic mass is 10.1. The number of hydrogen-bond donors (Lipinski definition) is 2. The van der Waals surface area contributed by atoms with Gasteiger partial charge < -0.3 is 15.1 Å². The lowest BCUT2D eigenvalue weighted by Crippen LogP contribution is -2.39. The predicted molar refractivity (Wildman–Crippen MR) is 76.1 cm³/mol. The number of carbonyl (C=O) groups is 1. The maximum absolute atomic E-state index is 12.1. The molecular weight excluding hydrogens is 262 g/mol. The first-order valence-electron chi connectivity index (χ1n) is 6.42. The molecular formula is C14H19NO3S. The van der Waals surface area contributed by atoms with E-state index in [0.29, 0.717) is 24.4 Å². The van der Waals surface area contributed by atoms with Crippen LogP contribution in [0.5, 0.6) is 11.5 Å². The molecule has 0 bridgehead atoms. The summed E-state index contributed by atoms with van der Waals surface area (Å²) in [7, 11) is 0. The van der Waals surface area contributed by atoms with Crippen molar-refractivity contribution in [2.24, 2.45) is 5.92 Å². The van der Waals surface area contributed by atoms with Crippen molar-refractivity contribution in [3.8, 4) is 11.5 Å². The largest absolute Gasteiger partial charge is 0.504 e. The number of carbonyl (C=O) groups excluding carboxylic acids is 1. The number of amides is 1. The second-order valence-corrected chi connectivity index (χ2v) is 6.32. The Balaban J connectivity index is 2.34. The zero-order chi connectivity index (χ0) is 14.0. The number of thioether (sulfide) groups is 1. The molecule has 1 aromatic carbocycles. The van der Waals surface area contributed by atoms with Crippen molar-refractivity contribution in [3.63, 3.8) is 0 Å². The summed E-state index contributed by atoms with van der Waals surface area (Å²) in [5.41, 5.74) is 0.610. The molecule has 4 nitrogen and oxygen atoms in total. The van der Waals surface area contributed by atoms with Crippen LogP contribution in [0.2, 0.25) is 0 Å². The molecule has 1 heterocycles. The van der Waals surface area contributed by atoms with Crippen LogP contribution in [-0.4, -0.2) is 33.3 Å². The molecule has 1 aliphatic rings. The minimum Gasteiger partial charge on any atom is -0.504 e. The molecule has 1 aromatic rings. The summed E-state index contributed by atoms with van der Waals surface area (Å²) in [5.74, 6) is 0.960. The van der Waals surface area contributed by atoms with Crippen LogP contribution in [0.4, 0.5) is 0 Å². The van der Waals surface area contributed by atoms with E-state index in [1.165, 1.54) is 6.07 Å². The number of rotatable bonds is 3. The monoisotopic (exact) mass is 281 g/mol. The summed E-state index contributed by atoms with van der Waals surface area (Å²) in [6.07, 6.45) is 0.535. The van der Waals surface area contributed by atoms with Gasteiger partial charge in [-0.1, -0.05) is 26.0 Å². The van der Waals surface area contributed by atoms with E-state index >= 15 is 0 Å². The first kappa shape index (κ1) is 14.1. The maximum atomic E-state index is 12.1. The van der Waals surface area contributed by atoms with E-state index in [9.17, 15) is 15.0 Å². The number of phenols is 2. The average Bonchev–Trinajstić information content (AvgIpc) is 2.35. The molecule has 5 heteroatoms. The number of aromatic hydroxyl groups is 2. The van der Waals surface area contributed by atoms with Gasteiger partial charge in [-0.05, 0) is 12.0 Å². The molecule has 19 heavy (non-hydrogen) atoms. The van der Waals surface area contributed by atoms with Crippen molar-refractivity contribution in [2.75, 3.05) is 12.3 Å². The van der Waals surface area contributed by atoms with Crippen molar-refractivity contribution in [2.45, 2.75) is 25.6 Å². The highest BCUT2D eigenvalue weighted by atomic mass is 32.2. The van der Waals surface area contributed by atoms with Crippen LogP contribution in [0.25, 0.3) is 0 Å². The van der Waals surface area contributed by atoms with Gasteiger partial charge in [0.1, 0.15) is 5.37 Å². The summed E-state index contributed by atoms with van der Waals surface area (Å²) in [6.45, 7) is 4.78. The van der Waals surface area contributed by atoms with Crippen LogP contribution < -0.4 is 0 Å². The van der Waals surface area contributed by atoms with E-state index in [0.717, 1.165) is 5.75 Å². The van der Waals surface area contributed by atoms with Gasteiger partial charge in [0, 0.05) is 24.3 Å². The predicted octanol–water partition coefficient (Wildman–Crippen LogP) is 2.72. The Morgan fingerprint density at radius 2 is 2.16 bits per heavy atom. The molecule has 0 radical (unpaired) electrons. The van der Waals surface area contributed by atoms with Crippen molar-refractivity contribution >= 4 is 17.7 Å². The standard InChI is InChI=1S/C14H19NO3S/c1-9(2)8-15-12(17)6-7-19-14(15)10-4-3-5-11(16)13(10)18/h3-5,9,14,16,18H,6-8H2,1-2H3. The van der Waals surface area contributed by atoms with Gasteiger partial charge in [-0.2, -0.15) is 0 Å². The second-order valence-electron chi connectivity index (χ2n) is 5.13. The van der Waals surface area contributed by atoms with Gasteiger partial charge in [-0.25, -0.2) is 0 Å². The zero-order valence-electron chi connectivity index (χ0n) is 11.2. The molecule has 2 rings (SSSR count). The quantitative estimate of drug-likeness (QED) is 0.836. The molecule has 1 unspecified atom stereocenters. The fraction of sp³-hybridized carbons (Fsp3) is 0.500. The molecule has 1 amide bonds. The fourth-order valence-corrected chi connectivity index (χ4v) is 3.49. The third-order valence-corrected chi connectivity index (χ3v) is 4.33. The number of benzene rings is 1. The van der Waals surface area contributed by atoms with Crippen molar-refractivity contribution < 1.29 is 15.0 Å². The molecule has 0 spiro atoms. The van der Waals surface area contributed by atoms with Crippen LogP contribution in [-0.2, 0) is 4.79 Å². The summed E-state index contributed by atoms with van der Waals surface area (Å²) >= 11 is 1.63. The van der Waals surface area contributed by atoms with Gasteiger partial charge in [0.2, 0.25) is 5.91 Å². The first-order chi connectivity index (χ1) is 9.00. The molecule has 0 aliphatic carbocycles. The Bertz CT molecular complexity index is 476. The maximum Gasteiger partial charge on any atom is 0.224 e. The Morgan fingerprint density at radius 1 is 1.42 bits per heavy atom. The van der Waals surface area contributed by atoms with Gasteiger partial charge in [0.25, 0.3) is 0 Å². The van der Waals surface area contributed by atoms with Crippen LogP contribution >= 0.6 is 11.8 Å². The number of nitrogens with zero attached hydrogens (tertiary/aromatic N) is 1. The highest BCUT2D eigenvalue weighted by Crippen LogP contribution is 2.43. The van der Waals surface area contributed by atoms with E-state index in [2.05, 4.69) is 13.8 Å². The molecule has 1 aliphatic heterocycles. The molecule has 1 atom stereocenters. The van der Waals surface area contributed by atoms with Gasteiger partial charge >= 0.3 is 0 Å². The summed E-state index contributed by atoms with van der Waals surface area (Å²) in [5, 5.41) is 19.4. The van der Waals surface area contributed by atoms with Gasteiger partial charge in [-0.3, -0.25) is 4.79 Å². The second kappa shape index (κ2) is 5.74. The zero-order valence-corrected chi connectivity index (χ0v) is 12.0. The van der Waals surface area contributed by atoms with Crippen LogP contribution in [0, 0.1) is 5.92 Å². The SMILES string of the molecule is CC(C)CN1C(=O)CCSC1c1cccc(O)c1O. The topological polar surface area (TPSA) is 60.8 Å². The lowest BCUT2D eigenvalue weighted by Gasteiger charge is -2.36. The molecule has 1 fully saturated rings. The van der Waals surface area contributed by atoms with Crippen molar-refractivity contribution in [1.29, 1.82) is 0 Å².